The van der Waals surface area contributed by atoms with Crippen LogP contribution < -0.4 is 10.6 Å². The van der Waals surface area contributed by atoms with Gasteiger partial charge in [0, 0.05) is 7.05 Å². The van der Waals surface area contributed by atoms with Crippen LogP contribution in [0, 0.1) is 0 Å². The van der Waals surface area contributed by atoms with Crippen LogP contribution in [0.15, 0.2) is 29.2 Å². The zero-order valence-electron chi connectivity index (χ0n) is 10.2. The number of aromatic nitrogens is 2. The number of rotatable bonds is 4. The highest BCUT2D eigenvalue weighted by Gasteiger charge is 2.13. The van der Waals surface area contributed by atoms with Gasteiger partial charge in [-0.3, -0.25) is 9.78 Å². The Morgan fingerprint density at radius 3 is 2.94 bits per heavy atom. The van der Waals surface area contributed by atoms with Gasteiger partial charge in [0.15, 0.2) is 0 Å². The molecular weight excluding hydrogens is 248 g/mol. The maximum absolute atomic E-state index is 12.0. The average molecular weight is 262 g/mol. The minimum atomic E-state index is -0.224. The monoisotopic (exact) mass is 262 g/mol. The van der Waals surface area contributed by atoms with Gasteiger partial charge in [0.2, 0.25) is 0 Å². The Morgan fingerprint density at radius 1 is 1.44 bits per heavy atom. The summed E-state index contributed by atoms with van der Waals surface area (Å²) >= 11 is 1.61. The summed E-state index contributed by atoms with van der Waals surface area (Å²) < 4.78 is 0. The van der Waals surface area contributed by atoms with Crippen molar-refractivity contribution in [3.63, 3.8) is 0 Å². The van der Waals surface area contributed by atoms with Crippen molar-refractivity contribution in [3.8, 4) is 0 Å². The maximum atomic E-state index is 12.0. The van der Waals surface area contributed by atoms with E-state index >= 15 is 0 Å². The number of anilines is 1. The number of carbonyl (C=O) groups is 1. The van der Waals surface area contributed by atoms with Gasteiger partial charge in [0.05, 0.1) is 18.4 Å². The lowest BCUT2D eigenvalue weighted by molar-refractivity contribution is 0.0934. The predicted octanol–water partition coefficient (Wildman–Crippen LogP) is 2.07. The summed E-state index contributed by atoms with van der Waals surface area (Å²) in [7, 11) is 1.74. The third-order valence-electron chi connectivity index (χ3n) is 2.51. The quantitative estimate of drug-likeness (QED) is 0.885. The summed E-state index contributed by atoms with van der Waals surface area (Å²) in [5.74, 6) is 0.351. The summed E-state index contributed by atoms with van der Waals surface area (Å²) in [5, 5.41) is 9.74. The van der Waals surface area contributed by atoms with Gasteiger partial charge in [-0.05, 0) is 29.3 Å². The summed E-state index contributed by atoms with van der Waals surface area (Å²) in [6, 6.07) is 1.95. The summed E-state index contributed by atoms with van der Waals surface area (Å²) in [6.45, 7) is 1.94. The van der Waals surface area contributed by atoms with E-state index in [1.54, 1.807) is 24.6 Å². The average Bonchev–Trinajstić information content (AvgIpc) is 2.92. The molecule has 0 saturated heterocycles. The Morgan fingerprint density at radius 2 is 2.28 bits per heavy atom. The molecule has 0 bridgehead atoms. The van der Waals surface area contributed by atoms with E-state index < -0.39 is 0 Å². The number of thiophene rings is 1. The molecule has 2 aromatic rings. The number of nitrogens with zero attached hydrogens (tertiary/aromatic N) is 2. The van der Waals surface area contributed by atoms with E-state index in [9.17, 15) is 4.79 Å². The smallest absolute Gasteiger partial charge is 0.272 e. The highest BCUT2D eigenvalue weighted by atomic mass is 32.1. The summed E-state index contributed by atoms with van der Waals surface area (Å²) in [4.78, 5) is 20.1. The topological polar surface area (TPSA) is 66.9 Å². The zero-order valence-corrected chi connectivity index (χ0v) is 11.0. The summed E-state index contributed by atoms with van der Waals surface area (Å²) in [6.07, 6.45) is 3.02. The molecule has 1 atom stereocenters. The van der Waals surface area contributed by atoms with E-state index in [4.69, 9.17) is 0 Å². The van der Waals surface area contributed by atoms with Crippen LogP contribution in [0.5, 0.6) is 0 Å². The van der Waals surface area contributed by atoms with E-state index in [1.165, 1.54) is 6.20 Å². The molecule has 18 heavy (non-hydrogen) atoms. The standard InChI is InChI=1S/C12H14N4OS/c1-8(9-3-4-18-7-9)15-12(17)10-5-14-6-11(13-2)16-10/h3-8H,1-2H3,(H,13,16)(H,15,17). The second-order valence-electron chi connectivity index (χ2n) is 3.79. The lowest BCUT2D eigenvalue weighted by Gasteiger charge is -2.12. The van der Waals surface area contributed by atoms with Gasteiger partial charge in [-0.25, -0.2) is 4.98 Å². The second-order valence-corrected chi connectivity index (χ2v) is 4.57. The molecule has 0 aromatic carbocycles. The molecule has 6 heteroatoms. The number of hydrogen-bond donors (Lipinski definition) is 2. The molecule has 2 aromatic heterocycles. The first-order valence-corrected chi connectivity index (χ1v) is 6.47. The largest absolute Gasteiger partial charge is 0.372 e. The number of carbonyl (C=O) groups excluding carboxylic acids is 1. The second kappa shape index (κ2) is 5.59. The first kappa shape index (κ1) is 12.5. The highest BCUT2D eigenvalue weighted by Crippen LogP contribution is 2.16. The normalized spacial score (nSPS) is 11.9. The van der Waals surface area contributed by atoms with E-state index in [-0.39, 0.29) is 11.9 Å². The number of hydrogen-bond acceptors (Lipinski definition) is 5. The van der Waals surface area contributed by atoms with Gasteiger partial charge >= 0.3 is 0 Å². The summed E-state index contributed by atoms with van der Waals surface area (Å²) in [5.41, 5.74) is 1.40. The molecule has 2 N–H and O–H groups in total. The first-order chi connectivity index (χ1) is 8.70. The van der Waals surface area contributed by atoms with E-state index in [0.29, 0.717) is 11.5 Å². The fourth-order valence-corrected chi connectivity index (χ4v) is 2.23. The van der Waals surface area contributed by atoms with Crippen LogP contribution in [-0.2, 0) is 0 Å². The lowest BCUT2D eigenvalue weighted by Crippen LogP contribution is -2.27. The molecule has 0 saturated carbocycles. The minimum absolute atomic E-state index is 0.0382. The molecule has 0 spiro atoms. The molecule has 94 valence electrons. The predicted molar refractivity (Wildman–Crippen MR) is 71.8 cm³/mol. The third-order valence-corrected chi connectivity index (χ3v) is 3.22. The van der Waals surface area contributed by atoms with Crippen molar-refractivity contribution < 1.29 is 4.79 Å². The van der Waals surface area contributed by atoms with Crippen LogP contribution in [-0.4, -0.2) is 22.9 Å². The van der Waals surface area contributed by atoms with Crippen molar-refractivity contribution in [2.75, 3.05) is 12.4 Å². The molecule has 2 rings (SSSR count). The molecule has 1 unspecified atom stereocenters. The number of amides is 1. The van der Waals surface area contributed by atoms with Crippen molar-refractivity contribution in [2.45, 2.75) is 13.0 Å². The van der Waals surface area contributed by atoms with Gasteiger partial charge < -0.3 is 10.6 Å². The molecule has 0 aliphatic heterocycles. The van der Waals surface area contributed by atoms with Crippen LogP contribution in [0.1, 0.15) is 29.0 Å². The molecule has 2 heterocycles. The Balaban J connectivity index is 2.07. The lowest BCUT2D eigenvalue weighted by atomic mass is 10.2. The van der Waals surface area contributed by atoms with Gasteiger partial charge in [-0.2, -0.15) is 11.3 Å². The molecule has 0 fully saturated rings. The van der Waals surface area contributed by atoms with E-state index in [0.717, 1.165) is 5.56 Å². The van der Waals surface area contributed by atoms with Crippen molar-refractivity contribution >= 4 is 23.1 Å². The van der Waals surface area contributed by atoms with Crippen molar-refractivity contribution in [2.24, 2.45) is 0 Å². The number of nitrogens with one attached hydrogen (secondary N) is 2. The maximum Gasteiger partial charge on any atom is 0.272 e. The molecule has 0 radical (unpaired) electrons. The molecule has 0 aliphatic rings. The van der Waals surface area contributed by atoms with Crippen molar-refractivity contribution in [1.82, 2.24) is 15.3 Å². The van der Waals surface area contributed by atoms with Crippen LogP contribution in [0.2, 0.25) is 0 Å². The third kappa shape index (κ3) is 2.84. The first-order valence-electron chi connectivity index (χ1n) is 5.53. The van der Waals surface area contributed by atoms with Crippen LogP contribution in [0.3, 0.4) is 0 Å². The van der Waals surface area contributed by atoms with Gasteiger partial charge in [0.1, 0.15) is 11.5 Å². The zero-order chi connectivity index (χ0) is 13.0. The van der Waals surface area contributed by atoms with Crippen molar-refractivity contribution in [3.05, 3.63) is 40.5 Å². The fraction of sp³-hybridized carbons (Fsp3) is 0.250. The SMILES string of the molecule is CNc1cncc(C(=O)NC(C)c2ccsc2)n1. The fourth-order valence-electron chi connectivity index (χ4n) is 1.47. The van der Waals surface area contributed by atoms with Gasteiger partial charge in [-0.15, -0.1) is 0 Å². The highest BCUT2D eigenvalue weighted by molar-refractivity contribution is 7.07. The molecule has 1 amide bonds. The van der Waals surface area contributed by atoms with Gasteiger partial charge in [-0.1, -0.05) is 0 Å². The van der Waals surface area contributed by atoms with E-state index in [2.05, 4.69) is 20.6 Å². The Labute approximate surface area is 109 Å². The van der Waals surface area contributed by atoms with Crippen LogP contribution >= 0.6 is 11.3 Å². The molecule has 5 nitrogen and oxygen atoms in total. The van der Waals surface area contributed by atoms with E-state index in [1.807, 2.05) is 23.8 Å². The molecular formula is C12H14N4OS. The molecule has 0 aliphatic carbocycles. The van der Waals surface area contributed by atoms with Crippen LogP contribution in [0.4, 0.5) is 5.82 Å². The van der Waals surface area contributed by atoms with Crippen molar-refractivity contribution in [1.29, 1.82) is 0 Å². The Bertz CT molecular complexity index is 527. The minimum Gasteiger partial charge on any atom is -0.372 e. The Kier molecular flexibility index (Phi) is 3.88. The Hall–Kier alpha value is -1.95. The van der Waals surface area contributed by atoms with Crippen LogP contribution in [0.25, 0.3) is 0 Å². The van der Waals surface area contributed by atoms with Gasteiger partial charge in [0.25, 0.3) is 5.91 Å².